The third-order valence-electron chi connectivity index (χ3n) is 5.96. The summed E-state index contributed by atoms with van der Waals surface area (Å²) in [4.78, 5) is 55.8. The zero-order valence-corrected chi connectivity index (χ0v) is 21.3. The van der Waals surface area contributed by atoms with Gasteiger partial charge in [0, 0.05) is 37.8 Å². The molecule has 2 fully saturated rings. The van der Waals surface area contributed by atoms with Crippen LogP contribution in [0.4, 0.5) is 4.79 Å². The number of amides is 4. The molecule has 4 amide bonds. The first-order valence-corrected chi connectivity index (χ1v) is 12.8. The third kappa shape index (κ3) is 6.41. The zero-order valence-electron chi connectivity index (χ0n) is 20.5. The van der Waals surface area contributed by atoms with Gasteiger partial charge in [-0.25, -0.2) is 0 Å². The van der Waals surface area contributed by atoms with Gasteiger partial charge in [0.1, 0.15) is 0 Å². The van der Waals surface area contributed by atoms with Crippen molar-refractivity contribution in [2.24, 2.45) is 0 Å². The van der Waals surface area contributed by atoms with Crippen LogP contribution in [0, 0.1) is 0 Å². The van der Waals surface area contributed by atoms with Gasteiger partial charge < -0.3 is 10.2 Å². The number of hydrogen-bond acceptors (Lipinski definition) is 6. The number of nitrogens with one attached hydrogen (secondary N) is 1. The van der Waals surface area contributed by atoms with E-state index in [1.165, 1.54) is 4.90 Å². The Bertz CT molecular complexity index is 1170. The van der Waals surface area contributed by atoms with Crippen LogP contribution in [0.1, 0.15) is 35.3 Å². The van der Waals surface area contributed by atoms with Gasteiger partial charge in [0.2, 0.25) is 5.91 Å². The monoisotopic (exact) mass is 506 g/mol. The Morgan fingerprint density at radius 2 is 1.72 bits per heavy atom. The van der Waals surface area contributed by atoms with E-state index >= 15 is 0 Å². The van der Waals surface area contributed by atoms with Gasteiger partial charge in [-0.15, -0.1) is 0 Å². The first kappa shape index (κ1) is 25.7. The van der Waals surface area contributed by atoms with Crippen molar-refractivity contribution in [1.82, 2.24) is 20.0 Å². The van der Waals surface area contributed by atoms with Gasteiger partial charge in [-0.2, -0.15) is 0 Å². The largest absolute Gasteiger partial charge is 0.353 e. The summed E-state index contributed by atoms with van der Waals surface area (Å²) in [5, 5.41) is 2.59. The molecule has 0 aliphatic carbocycles. The van der Waals surface area contributed by atoms with Gasteiger partial charge in [-0.1, -0.05) is 42.5 Å². The fourth-order valence-electron chi connectivity index (χ4n) is 4.18. The molecule has 0 unspecified atom stereocenters. The van der Waals surface area contributed by atoms with E-state index in [0.717, 1.165) is 17.3 Å². The third-order valence-corrected chi connectivity index (χ3v) is 6.87. The van der Waals surface area contributed by atoms with E-state index in [1.807, 2.05) is 55.1 Å². The lowest BCUT2D eigenvalue weighted by Crippen LogP contribution is -2.51. The van der Waals surface area contributed by atoms with E-state index in [4.69, 9.17) is 0 Å². The van der Waals surface area contributed by atoms with Gasteiger partial charge in [0.25, 0.3) is 17.1 Å². The lowest BCUT2D eigenvalue weighted by atomic mass is 10.1. The minimum Gasteiger partial charge on any atom is -0.353 e. The molecule has 2 saturated heterocycles. The second-order valence-corrected chi connectivity index (χ2v) is 10.2. The number of carbonyl (C=O) groups is 4. The molecule has 0 atom stereocenters. The standard InChI is InChI=1S/C27H30N4O4S/c1-19(2)28-24(32)18-29-11-13-30(14-12-29)25(33)22-10-6-9-21(15-22)16-23-26(34)31(27(35)36-23)17-20-7-4-3-5-8-20/h3-10,15-16,19H,11-14,17-18H2,1-2H3,(H,28,32)/b23-16-. The normalized spacial score (nSPS) is 17.8. The summed E-state index contributed by atoms with van der Waals surface area (Å²) in [6, 6.07) is 16.6. The summed E-state index contributed by atoms with van der Waals surface area (Å²) in [6.45, 7) is 6.75. The molecule has 0 aromatic heterocycles. The number of carbonyl (C=O) groups excluding carboxylic acids is 4. The molecule has 9 heteroatoms. The van der Waals surface area contributed by atoms with Crippen LogP contribution in [-0.4, -0.2) is 76.4 Å². The van der Waals surface area contributed by atoms with Crippen molar-refractivity contribution in [1.29, 1.82) is 0 Å². The molecule has 2 aromatic rings. The van der Waals surface area contributed by atoms with Crippen LogP contribution < -0.4 is 5.32 Å². The zero-order chi connectivity index (χ0) is 25.7. The predicted molar refractivity (Wildman–Crippen MR) is 140 cm³/mol. The van der Waals surface area contributed by atoms with Gasteiger partial charge in [0.15, 0.2) is 0 Å². The van der Waals surface area contributed by atoms with E-state index in [0.29, 0.717) is 48.8 Å². The lowest BCUT2D eigenvalue weighted by Gasteiger charge is -2.34. The maximum absolute atomic E-state index is 13.1. The Balaban J connectivity index is 1.37. The van der Waals surface area contributed by atoms with Crippen LogP contribution in [0.5, 0.6) is 0 Å². The first-order chi connectivity index (χ1) is 17.3. The first-order valence-electron chi connectivity index (χ1n) is 12.0. The van der Waals surface area contributed by atoms with Gasteiger partial charge in [-0.05, 0) is 54.9 Å². The number of rotatable bonds is 7. The highest BCUT2D eigenvalue weighted by Gasteiger charge is 2.35. The maximum atomic E-state index is 13.1. The molecule has 8 nitrogen and oxygen atoms in total. The molecule has 0 saturated carbocycles. The topological polar surface area (TPSA) is 90.0 Å². The van der Waals surface area contributed by atoms with Crippen molar-refractivity contribution < 1.29 is 19.2 Å². The molecule has 0 spiro atoms. The molecule has 2 aliphatic rings. The second kappa shape index (κ2) is 11.5. The molecule has 2 aromatic carbocycles. The summed E-state index contributed by atoms with van der Waals surface area (Å²) in [5.74, 6) is -0.428. The minimum absolute atomic E-state index is 0.00865. The highest BCUT2D eigenvalue weighted by Crippen LogP contribution is 2.33. The number of imide groups is 1. The SMILES string of the molecule is CC(C)NC(=O)CN1CCN(C(=O)c2cccc(/C=C3\SC(=O)N(Cc4ccccc4)C3=O)c2)CC1. The summed E-state index contributed by atoms with van der Waals surface area (Å²) in [7, 11) is 0. The van der Waals surface area contributed by atoms with Crippen LogP contribution in [0.15, 0.2) is 59.5 Å². The van der Waals surface area contributed by atoms with E-state index in [1.54, 1.807) is 29.2 Å². The number of thioether (sulfide) groups is 1. The Labute approximate surface area is 215 Å². The minimum atomic E-state index is -0.330. The lowest BCUT2D eigenvalue weighted by molar-refractivity contribution is -0.124. The van der Waals surface area contributed by atoms with Crippen molar-refractivity contribution in [3.63, 3.8) is 0 Å². The quantitative estimate of drug-likeness (QED) is 0.580. The number of benzene rings is 2. The molecule has 188 valence electrons. The maximum Gasteiger partial charge on any atom is 0.293 e. The Hall–Kier alpha value is -3.43. The summed E-state index contributed by atoms with van der Waals surface area (Å²) in [5.41, 5.74) is 2.10. The summed E-state index contributed by atoms with van der Waals surface area (Å²) in [6.07, 6.45) is 1.66. The van der Waals surface area contributed by atoms with E-state index in [9.17, 15) is 19.2 Å². The number of hydrogen-bond donors (Lipinski definition) is 1. The molecule has 0 radical (unpaired) electrons. The Morgan fingerprint density at radius 3 is 2.42 bits per heavy atom. The van der Waals surface area contributed by atoms with Crippen molar-refractivity contribution in [2.75, 3.05) is 32.7 Å². The highest BCUT2D eigenvalue weighted by molar-refractivity contribution is 8.18. The average molecular weight is 507 g/mol. The van der Waals surface area contributed by atoms with Gasteiger partial charge in [-0.3, -0.25) is 29.0 Å². The molecule has 2 heterocycles. The van der Waals surface area contributed by atoms with E-state index in [2.05, 4.69) is 5.32 Å². The van der Waals surface area contributed by atoms with Crippen LogP contribution in [-0.2, 0) is 16.1 Å². The van der Waals surface area contributed by atoms with Crippen LogP contribution in [0.3, 0.4) is 0 Å². The number of piperazine rings is 1. The van der Waals surface area contributed by atoms with Crippen LogP contribution in [0.25, 0.3) is 6.08 Å². The molecule has 2 aliphatic heterocycles. The van der Waals surface area contributed by atoms with Gasteiger partial charge in [0.05, 0.1) is 18.0 Å². The van der Waals surface area contributed by atoms with E-state index in [-0.39, 0.29) is 35.5 Å². The fourth-order valence-corrected chi connectivity index (χ4v) is 5.02. The highest BCUT2D eigenvalue weighted by atomic mass is 32.2. The van der Waals surface area contributed by atoms with E-state index < -0.39 is 0 Å². The fraction of sp³-hybridized carbons (Fsp3) is 0.333. The van der Waals surface area contributed by atoms with Crippen LogP contribution >= 0.6 is 11.8 Å². The van der Waals surface area contributed by atoms with Crippen molar-refractivity contribution in [3.05, 3.63) is 76.2 Å². The number of nitrogens with zero attached hydrogens (tertiary/aromatic N) is 3. The van der Waals surface area contributed by atoms with Crippen LogP contribution in [0.2, 0.25) is 0 Å². The smallest absolute Gasteiger partial charge is 0.293 e. The molecule has 36 heavy (non-hydrogen) atoms. The molecule has 1 N–H and O–H groups in total. The van der Waals surface area contributed by atoms with Crippen molar-refractivity contribution in [3.8, 4) is 0 Å². The Kier molecular flexibility index (Phi) is 8.22. The molecular weight excluding hydrogens is 476 g/mol. The van der Waals surface area contributed by atoms with Gasteiger partial charge >= 0.3 is 0 Å². The Morgan fingerprint density at radius 1 is 1.00 bits per heavy atom. The molecular formula is C27H30N4O4S. The van der Waals surface area contributed by atoms with Crippen molar-refractivity contribution in [2.45, 2.75) is 26.4 Å². The average Bonchev–Trinajstić information content (AvgIpc) is 3.11. The second-order valence-electron chi connectivity index (χ2n) is 9.17. The molecule has 4 rings (SSSR count). The summed E-state index contributed by atoms with van der Waals surface area (Å²) >= 11 is 0.912. The molecule has 0 bridgehead atoms. The van der Waals surface area contributed by atoms with Crippen molar-refractivity contribution >= 4 is 40.8 Å². The predicted octanol–water partition coefficient (Wildman–Crippen LogP) is 3.21. The summed E-state index contributed by atoms with van der Waals surface area (Å²) < 4.78 is 0.